The van der Waals surface area contributed by atoms with Crippen LogP contribution in [0.15, 0.2) is 42.6 Å². The zero-order valence-electron chi connectivity index (χ0n) is 24.8. The second kappa shape index (κ2) is 13.0. The van der Waals surface area contributed by atoms with Gasteiger partial charge in [0.25, 0.3) is 5.91 Å². The first-order valence-electron chi connectivity index (χ1n) is 13.8. The molecule has 0 bridgehead atoms. The standard InChI is InChI=1S/C31H41N7O2/c1-8-25-27(32-14-15-36(3)4)12-13-28(34-25)29-17-24(23-16-21(20-40-7)10-11-26(23)35-29)31(39)37(5)19-22-18-33-30(9-2)38(22)6/h10-13,16-18,32H,8-9,14-15,19-20H2,1-7H3. The van der Waals surface area contributed by atoms with Crippen molar-refractivity contribution in [3.05, 3.63) is 70.9 Å². The minimum atomic E-state index is -0.0832. The SMILES string of the molecule is CCc1nc(-c2cc(C(=O)N(C)Cc3cnc(CC)n3C)c3cc(COC)ccc3n2)ccc1NCCN(C)C. The van der Waals surface area contributed by atoms with E-state index in [9.17, 15) is 4.79 Å². The number of pyridine rings is 2. The molecule has 3 aromatic heterocycles. The van der Waals surface area contributed by atoms with Gasteiger partial charge in [-0.2, -0.15) is 0 Å². The van der Waals surface area contributed by atoms with Crippen LogP contribution in [0.25, 0.3) is 22.3 Å². The third kappa shape index (κ3) is 6.48. The molecule has 1 N–H and O–H groups in total. The average Bonchev–Trinajstić information content (AvgIpc) is 3.30. The molecule has 40 heavy (non-hydrogen) atoms. The van der Waals surface area contributed by atoms with E-state index in [0.29, 0.717) is 24.4 Å². The average molecular weight is 544 g/mol. The van der Waals surface area contributed by atoms with Gasteiger partial charge in [-0.3, -0.25) is 4.79 Å². The number of likely N-dealkylation sites (N-methyl/N-ethyl adjacent to an activating group) is 1. The van der Waals surface area contributed by atoms with E-state index < -0.39 is 0 Å². The van der Waals surface area contributed by atoms with Gasteiger partial charge in [-0.1, -0.05) is 19.9 Å². The third-order valence-electron chi connectivity index (χ3n) is 7.10. The van der Waals surface area contributed by atoms with Gasteiger partial charge in [0, 0.05) is 46.1 Å². The first-order valence-corrected chi connectivity index (χ1v) is 13.8. The molecule has 0 fully saturated rings. The highest BCUT2D eigenvalue weighted by Gasteiger charge is 2.20. The lowest BCUT2D eigenvalue weighted by molar-refractivity contribution is 0.0784. The van der Waals surface area contributed by atoms with E-state index in [1.807, 2.05) is 50.6 Å². The molecule has 0 aliphatic heterocycles. The van der Waals surface area contributed by atoms with Crippen molar-refractivity contribution >= 4 is 22.5 Å². The van der Waals surface area contributed by atoms with Crippen LogP contribution in [-0.2, 0) is 37.8 Å². The van der Waals surface area contributed by atoms with Gasteiger partial charge in [0.05, 0.1) is 58.9 Å². The van der Waals surface area contributed by atoms with Crippen LogP contribution in [0, 0.1) is 0 Å². The molecular formula is C31H41N7O2. The maximum atomic E-state index is 14.0. The molecule has 0 radical (unpaired) electrons. The molecule has 0 aliphatic rings. The zero-order chi connectivity index (χ0) is 28.8. The number of nitrogens with zero attached hydrogens (tertiary/aromatic N) is 6. The van der Waals surface area contributed by atoms with E-state index >= 15 is 0 Å². The number of hydrogen-bond donors (Lipinski definition) is 1. The molecule has 212 valence electrons. The summed E-state index contributed by atoms with van der Waals surface area (Å²) in [6.45, 7) is 6.85. The lowest BCUT2D eigenvalue weighted by atomic mass is 10.0. The highest BCUT2D eigenvalue weighted by molar-refractivity contribution is 6.07. The molecule has 1 aromatic carbocycles. The minimum absolute atomic E-state index is 0.0832. The Morgan fingerprint density at radius 3 is 2.50 bits per heavy atom. The lowest BCUT2D eigenvalue weighted by Gasteiger charge is -2.20. The molecule has 0 unspecified atom stereocenters. The molecule has 0 saturated heterocycles. The van der Waals surface area contributed by atoms with Crippen molar-refractivity contribution in [2.75, 3.05) is 46.7 Å². The number of fused-ring (bicyclic) bond motifs is 1. The number of aryl methyl sites for hydroxylation is 2. The van der Waals surface area contributed by atoms with E-state index in [0.717, 1.165) is 71.0 Å². The predicted octanol–water partition coefficient (Wildman–Crippen LogP) is 4.55. The van der Waals surface area contributed by atoms with Crippen molar-refractivity contribution in [3.63, 3.8) is 0 Å². The summed E-state index contributed by atoms with van der Waals surface area (Å²) in [5.74, 6) is 0.911. The van der Waals surface area contributed by atoms with Gasteiger partial charge >= 0.3 is 0 Å². The second-order valence-electron chi connectivity index (χ2n) is 10.4. The molecular weight excluding hydrogens is 502 g/mol. The number of aromatic nitrogens is 4. The van der Waals surface area contributed by atoms with E-state index in [1.165, 1.54) is 0 Å². The van der Waals surface area contributed by atoms with E-state index in [2.05, 4.69) is 53.8 Å². The molecule has 0 spiro atoms. The molecule has 0 aliphatic carbocycles. The topological polar surface area (TPSA) is 88.4 Å². The molecule has 1 amide bonds. The van der Waals surface area contributed by atoms with Crippen molar-refractivity contribution in [1.82, 2.24) is 29.3 Å². The summed E-state index contributed by atoms with van der Waals surface area (Å²) in [7, 11) is 9.60. The van der Waals surface area contributed by atoms with Gasteiger partial charge in [-0.25, -0.2) is 15.0 Å². The summed E-state index contributed by atoms with van der Waals surface area (Å²) in [5, 5.41) is 4.29. The number of benzene rings is 1. The largest absolute Gasteiger partial charge is 0.382 e. The van der Waals surface area contributed by atoms with Gasteiger partial charge < -0.3 is 24.4 Å². The Morgan fingerprint density at radius 2 is 1.82 bits per heavy atom. The summed E-state index contributed by atoms with van der Waals surface area (Å²) >= 11 is 0. The van der Waals surface area contributed by atoms with Crippen molar-refractivity contribution in [3.8, 4) is 11.4 Å². The number of nitrogens with one attached hydrogen (secondary N) is 1. The van der Waals surface area contributed by atoms with Crippen LogP contribution in [0.2, 0.25) is 0 Å². The van der Waals surface area contributed by atoms with Crippen LogP contribution in [0.5, 0.6) is 0 Å². The van der Waals surface area contributed by atoms with Gasteiger partial charge in [-0.15, -0.1) is 0 Å². The maximum absolute atomic E-state index is 14.0. The Bertz CT molecular complexity index is 1480. The Hall–Kier alpha value is -3.82. The Morgan fingerprint density at radius 1 is 1.02 bits per heavy atom. The fourth-order valence-electron chi connectivity index (χ4n) is 4.81. The Labute approximate surface area is 237 Å². The van der Waals surface area contributed by atoms with E-state index in [-0.39, 0.29) is 5.91 Å². The van der Waals surface area contributed by atoms with Crippen LogP contribution in [0.3, 0.4) is 0 Å². The summed E-state index contributed by atoms with van der Waals surface area (Å²) in [6, 6.07) is 11.9. The van der Waals surface area contributed by atoms with Gasteiger partial charge in [0.15, 0.2) is 0 Å². The van der Waals surface area contributed by atoms with Crippen LogP contribution in [-0.4, -0.2) is 76.6 Å². The second-order valence-corrected chi connectivity index (χ2v) is 10.4. The Kier molecular flexibility index (Phi) is 9.50. The molecule has 4 aromatic rings. The Balaban J connectivity index is 1.74. The normalized spacial score (nSPS) is 11.4. The molecule has 9 nitrogen and oxygen atoms in total. The first kappa shape index (κ1) is 29.2. The van der Waals surface area contributed by atoms with Crippen molar-refractivity contribution in [1.29, 1.82) is 0 Å². The van der Waals surface area contributed by atoms with Crippen molar-refractivity contribution in [2.45, 2.75) is 39.8 Å². The quantitative estimate of drug-likeness (QED) is 0.281. The fourth-order valence-corrected chi connectivity index (χ4v) is 4.81. The number of carbonyl (C=O) groups excluding carboxylic acids is 1. The molecule has 0 atom stereocenters. The molecule has 4 rings (SSSR count). The number of amides is 1. The number of imidazole rings is 1. The molecule has 9 heteroatoms. The summed E-state index contributed by atoms with van der Waals surface area (Å²) in [4.78, 5) is 32.2. The number of hydrogen-bond acceptors (Lipinski definition) is 7. The third-order valence-corrected chi connectivity index (χ3v) is 7.10. The van der Waals surface area contributed by atoms with Gasteiger partial charge in [-0.05, 0) is 56.4 Å². The van der Waals surface area contributed by atoms with Crippen molar-refractivity contribution in [2.24, 2.45) is 7.05 Å². The smallest absolute Gasteiger partial charge is 0.254 e. The van der Waals surface area contributed by atoms with Crippen molar-refractivity contribution < 1.29 is 9.53 Å². The van der Waals surface area contributed by atoms with E-state index in [1.54, 1.807) is 12.0 Å². The molecule has 0 saturated carbocycles. The fraction of sp³-hybridized carbons (Fsp3) is 0.419. The van der Waals surface area contributed by atoms with Crippen LogP contribution >= 0.6 is 0 Å². The minimum Gasteiger partial charge on any atom is -0.382 e. The number of rotatable bonds is 12. The predicted molar refractivity (Wildman–Crippen MR) is 160 cm³/mol. The number of anilines is 1. The number of carbonyl (C=O) groups is 1. The number of methoxy groups -OCH3 is 1. The summed E-state index contributed by atoms with van der Waals surface area (Å²) in [5.41, 5.74) is 6.72. The van der Waals surface area contributed by atoms with Crippen LogP contribution in [0.4, 0.5) is 5.69 Å². The number of ether oxygens (including phenoxy) is 1. The highest BCUT2D eigenvalue weighted by Crippen LogP contribution is 2.28. The zero-order valence-corrected chi connectivity index (χ0v) is 24.8. The van der Waals surface area contributed by atoms with Crippen LogP contribution in [0.1, 0.15) is 47.0 Å². The highest BCUT2D eigenvalue weighted by atomic mass is 16.5. The van der Waals surface area contributed by atoms with Gasteiger partial charge in [0.2, 0.25) is 0 Å². The summed E-state index contributed by atoms with van der Waals surface area (Å²) in [6.07, 6.45) is 3.47. The molecule has 3 heterocycles. The summed E-state index contributed by atoms with van der Waals surface area (Å²) < 4.78 is 7.41. The lowest BCUT2D eigenvalue weighted by Crippen LogP contribution is -2.27. The van der Waals surface area contributed by atoms with Gasteiger partial charge in [0.1, 0.15) is 5.82 Å². The monoisotopic (exact) mass is 543 g/mol. The van der Waals surface area contributed by atoms with E-state index in [4.69, 9.17) is 14.7 Å². The maximum Gasteiger partial charge on any atom is 0.254 e. The van der Waals surface area contributed by atoms with Crippen LogP contribution < -0.4 is 5.32 Å². The first-order chi connectivity index (χ1) is 19.2.